The summed E-state index contributed by atoms with van der Waals surface area (Å²) < 4.78 is 5.77. The van der Waals surface area contributed by atoms with Gasteiger partial charge in [0.2, 0.25) is 5.88 Å². The summed E-state index contributed by atoms with van der Waals surface area (Å²) in [5.41, 5.74) is 8.62. The maximum absolute atomic E-state index is 5.77. The number of ether oxygens (including phenoxy) is 1. The van der Waals surface area contributed by atoms with Gasteiger partial charge in [-0.15, -0.1) is 0 Å². The molecule has 4 heteroatoms. The molecule has 3 rings (SSSR count). The highest BCUT2D eigenvalue weighted by atomic mass is 16.5. The van der Waals surface area contributed by atoms with Crippen LogP contribution < -0.4 is 10.5 Å². The number of fused-ring (bicyclic) bond motifs is 1. The number of nitrogen functional groups attached to an aromatic ring is 1. The van der Waals surface area contributed by atoms with Crippen LogP contribution in [0.4, 0.5) is 5.69 Å². The van der Waals surface area contributed by atoms with Crippen molar-refractivity contribution in [3.8, 4) is 11.6 Å². The van der Waals surface area contributed by atoms with Crippen LogP contribution in [0.15, 0.2) is 30.6 Å². The molecule has 1 aliphatic rings. The second kappa shape index (κ2) is 4.05. The highest BCUT2D eigenvalue weighted by Gasteiger charge is 2.18. The largest absolute Gasteiger partial charge is 0.439 e. The highest BCUT2D eigenvalue weighted by molar-refractivity contribution is 5.43. The van der Waals surface area contributed by atoms with Crippen LogP contribution in [0, 0.1) is 0 Å². The third-order valence-corrected chi connectivity index (χ3v) is 2.93. The first-order valence-corrected chi connectivity index (χ1v) is 5.69. The van der Waals surface area contributed by atoms with Crippen molar-refractivity contribution < 1.29 is 4.74 Å². The summed E-state index contributed by atoms with van der Waals surface area (Å²) >= 11 is 0. The van der Waals surface area contributed by atoms with E-state index < -0.39 is 0 Å². The molecule has 0 unspecified atom stereocenters. The molecule has 0 saturated heterocycles. The predicted octanol–water partition coefficient (Wildman–Crippen LogP) is 2.34. The lowest BCUT2D eigenvalue weighted by atomic mass is 10.2. The molecule has 0 bridgehead atoms. The quantitative estimate of drug-likeness (QED) is 0.800. The van der Waals surface area contributed by atoms with Gasteiger partial charge in [-0.1, -0.05) is 0 Å². The number of aryl methyl sites for hydroxylation is 1. The Kier molecular flexibility index (Phi) is 2.40. The van der Waals surface area contributed by atoms with Gasteiger partial charge in [-0.3, -0.25) is 0 Å². The van der Waals surface area contributed by atoms with Crippen molar-refractivity contribution in [1.82, 2.24) is 9.97 Å². The van der Waals surface area contributed by atoms with Gasteiger partial charge in [0, 0.05) is 11.3 Å². The zero-order valence-electron chi connectivity index (χ0n) is 9.39. The van der Waals surface area contributed by atoms with Crippen LogP contribution in [0.5, 0.6) is 11.6 Å². The summed E-state index contributed by atoms with van der Waals surface area (Å²) in [6, 6.07) is 7.32. The van der Waals surface area contributed by atoms with Crippen molar-refractivity contribution >= 4 is 5.69 Å². The fourth-order valence-corrected chi connectivity index (χ4v) is 2.06. The normalized spacial score (nSPS) is 13.4. The zero-order chi connectivity index (χ0) is 11.7. The number of hydrogen-bond donors (Lipinski definition) is 1. The number of rotatable bonds is 2. The lowest BCUT2D eigenvalue weighted by Crippen LogP contribution is -1.96. The van der Waals surface area contributed by atoms with E-state index in [4.69, 9.17) is 10.5 Å². The highest BCUT2D eigenvalue weighted by Crippen LogP contribution is 2.30. The van der Waals surface area contributed by atoms with Crippen LogP contribution in [0.1, 0.15) is 17.7 Å². The SMILES string of the molecule is Nc1ccc(Oc2ncnc3c2CCC3)cc1. The number of anilines is 1. The van der Waals surface area contributed by atoms with E-state index in [-0.39, 0.29) is 0 Å². The Morgan fingerprint density at radius 3 is 2.71 bits per heavy atom. The van der Waals surface area contributed by atoms with Gasteiger partial charge in [0.05, 0.1) is 5.69 Å². The molecule has 0 spiro atoms. The van der Waals surface area contributed by atoms with Gasteiger partial charge in [0.15, 0.2) is 0 Å². The van der Waals surface area contributed by atoms with Gasteiger partial charge in [0.1, 0.15) is 12.1 Å². The fraction of sp³-hybridized carbons (Fsp3) is 0.231. The van der Waals surface area contributed by atoms with E-state index in [0.717, 1.165) is 42.0 Å². The van der Waals surface area contributed by atoms with Gasteiger partial charge in [-0.25, -0.2) is 9.97 Å². The van der Waals surface area contributed by atoms with Crippen molar-refractivity contribution in [2.45, 2.75) is 19.3 Å². The Bertz CT molecular complexity index is 537. The van der Waals surface area contributed by atoms with Crippen LogP contribution in [0.2, 0.25) is 0 Å². The molecule has 0 saturated carbocycles. The first-order chi connectivity index (χ1) is 8.33. The summed E-state index contributed by atoms with van der Waals surface area (Å²) in [7, 11) is 0. The number of aromatic nitrogens is 2. The number of nitrogens with zero attached hydrogens (tertiary/aromatic N) is 2. The maximum Gasteiger partial charge on any atom is 0.225 e. The van der Waals surface area contributed by atoms with Crippen LogP contribution in [-0.2, 0) is 12.8 Å². The first-order valence-electron chi connectivity index (χ1n) is 5.69. The lowest BCUT2D eigenvalue weighted by Gasteiger charge is -2.08. The minimum atomic E-state index is 0.678. The minimum absolute atomic E-state index is 0.678. The molecule has 1 heterocycles. The molecular formula is C13H13N3O. The molecule has 0 radical (unpaired) electrons. The van der Waals surface area contributed by atoms with Crippen molar-refractivity contribution in [2.75, 3.05) is 5.73 Å². The standard InChI is InChI=1S/C13H13N3O/c14-9-4-6-10(7-5-9)17-13-11-2-1-3-12(11)15-8-16-13/h4-8H,1-3,14H2. The molecular weight excluding hydrogens is 214 g/mol. The molecule has 0 fully saturated rings. The van der Waals surface area contributed by atoms with E-state index >= 15 is 0 Å². The van der Waals surface area contributed by atoms with E-state index in [2.05, 4.69) is 9.97 Å². The predicted molar refractivity (Wildman–Crippen MR) is 65.0 cm³/mol. The molecule has 2 N–H and O–H groups in total. The third-order valence-electron chi connectivity index (χ3n) is 2.93. The van der Waals surface area contributed by atoms with Gasteiger partial charge < -0.3 is 10.5 Å². The molecule has 4 nitrogen and oxygen atoms in total. The molecule has 0 amide bonds. The van der Waals surface area contributed by atoms with Gasteiger partial charge in [0.25, 0.3) is 0 Å². The second-order valence-corrected chi connectivity index (χ2v) is 4.13. The van der Waals surface area contributed by atoms with Crippen LogP contribution in [0.25, 0.3) is 0 Å². The second-order valence-electron chi connectivity index (χ2n) is 4.13. The molecule has 1 aliphatic carbocycles. The van der Waals surface area contributed by atoms with Crippen LogP contribution in [0.3, 0.4) is 0 Å². The van der Waals surface area contributed by atoms with E-state index in [9.17, 15) is 0 Å². The Hall–Kier alpha value is -2.10. The Morgan fingerprint density at radius 1 is 1.06 bits per heavy atom. The van der Waals surface area contributed by atoms with Crippen LogP contribution >= 0.6 is 0 Å². The first kappa shape index (κ1) is 10.1. The van der Waals surface area contributed by atoms with Crippen LogP contribution in [-0.4, -0.2) is 9.97 Å². The third kappa shape index (κ3) is 1.93. The smallest absolute Gasteiger partial charge is 0.225 e. The maximum atomic E-state index is 5.77. The van der Waals surface area contributed by atoms with Gasteiger partial charge in [-0.05, 0) is 43.5 Å². The summed E-state index contributed by atoms with van der Waals surface area (Å²) in [6.45, 7) is 0. The molecule has 17 heavy (non-hydrogen) atoms. The Balaban J connectivity index is 1.91. The lowest BCUT2D eigenvalue weighted by molar-refractivity contribution is 0.455. The summed E-state index contributed by atoms with van der Waals surface area (Å²) in [5, 5.41) is 0. The van der Waals surface area contributed by atoms with Gasteiger partial charge >= 0.3 is 0 Å². The number of nitrogens with two attached hydrogens (primary N) is 1. The van der Waals surface area contributed by atoms with Crippen molar-refractivity contribution in [2.24, 2.45) is 0 Å². The molecule has 2 aromatic rings. The Labute approximate surface area is 99.5 Å². The summed E-state index contributed by atoms with van der Waals surface area (Å²) in [5.74, 6) is 1.43. The van der Waals surface area contributed by atoms with E-state index in [1.807, 2.05) is 24.3 Å². The summed E-state index contributed by atoms with van der Waals surface area (Å²) in [6.07, 6.45) is 4.72. The zero-order valence-corrected chi connectivity index (χ0v) is 9.39. The van der Waals surface area contributed by atoms with E-state index in [1.165, 1.54) is 0 Å². The van der Waals surface area contributed by atoms with E-state index in [1.54, 1.807) is 6.33 Å². The topological polar surface area (TPSA) is 61.0 Å². The molecule has 0 aliphatic heterocycles. The summed E-state index contributed by atoms with van der Waals surface area (Å²) in [4.78, 5) is 8.47. The van der Waals surface area contributed by atoms with Crippen molar-refractivity contribution in [3.05, 3.63) is 41.9 Å². The fourth-order valence-electron chi connectivity index (χ4n) is 2.06. The van der Waals surface area contributed by atoms with Gasteiger partial charge in [-0.2, -0.15) is 0 Å². The molecule has 1 aromatic heterocycles. The van der Waals surface area contributed by atoms with Crippen molar-refractivity contribution in [3.63, 3.8) is 0 Å². The molecule has 0 atom stereocenters. The average molecular weight is 227 g/mol. The Morgan fingerprint density at radius 2 is 1.88 bits per heavy atom. The number of benzene rings is 1. The molecule has 1 aromatic carbocycles. The number of hydrogen-bond acceptors (Lipinski definition) is 4. The minimum Gasteiger partial charge on any atom is -0.439 e. The molecule has 86 valence electrons. The average Bonchev–Trinajstić information content (AvgIpc) is 2.81. The monoisotopic (exact) mass is 227 g/mol. The van der Waals surface area contributed by atoms with Crippen molar-refractivity contribution in [1.29, 1.82) is 0 Å². The van der Waals surface area contributed by atoms with E-state index in [0.29, 0.717) is 5.88 Å².